The van der Waals surface area contributed by atoms with Gasteiger partial charge in [-0.25, -0.2) is 21.6 Å². The quantitative estimate of drug-likeness (QED) is 0.254. The Kier molecular flexibility index (Phi) is 8.22. The molecule has 38 heavy (non-hydrogen) atoms. The summed E-state index contributed by atoms with van der Waals surface area (Å²) >= 11 is 6.07. The number of fused-ring (bicyclic) bond motifs is 1. The van der Waals surface area contributed by atoms with Gasteiger partial charge in [0.1, 0.15) is 10.6 Å². The smallest absolute Gasteiger partial charge is 0.265 e. The van der Waals surface area contributed by atoms with Crippen molar-refractivity contribution in [3.63, 3.8) is 0 Å². The highest BCUT2D eigenvalue weighted by Gasteiger charge is 2.22. The lowest BCUT2D eigenvalue weighted by atomic mass is 10.1. The molecule has 198 valence electrons. The van der Waals surface area contributed by atoms with E-state index in [1.165, 1.54) is 37.4 Å². The molecule has 0 aliphatic heterocycles. The second-order valence-electron chi connectivity index (χ2n) is 8.16. The molecule has 0 aromatic heterocycles. The number of hydrogen-bond donors (Lipinski definition) is 3. The van der Waals surface area contributed by atoms with Crippen LogP contribution in [0.5, 0.6) is 5.75 Å². The van der Waals surface area contributed by atoms with Crippen LogP contribution in [-0.2, 0) is 24.8 Å². The topological polar surface area (TPSA) is 131 Å². The number of halogens is 1. The van der Waals surface area contributed by atoms with E-state index in [4.69, 9.17) is 16.3 Å². The van der Waals surface area contributed by atoms with Crippen LogP contribution < -0.4 is 19.5 Å². The fourth-order valence-corrected chi connectivity index (χ4v) is 6.23. The van der Waals surface area contributed by atoms with Crippen LogP contribution in [0.15, 0.2) is 94.7 Å². The summed E-state index contributed by atoms with van der Waals surface area (Å²) in [7, 11) is -6.63. The van der Waals surface area contributed by atoms with Gasteiger partial charge in [0, 0.05) is 18.7 Å². The molecule has 0 unspecified atom stereocenters. The van der Waals surface area contributed by atoms with Crippen molar-refractivity contribution in [3.8, 4) is 5.75 Å². The fourth-order valence-electron chi connectivity index (χ4n) is 3.65. The predicted molar refractivity (Wildman–Crippen MR) is 148 cm³/mol. The molecule has 3 N–H and O–H groups in total. The third-order valence-corrected chi connectivity index (χ3v) is 8.71. The maximum absolute atomic E-state index is 13.0. The van der Waals surface area contributed by atoms with Crippen LogP contribution in [0.2, 0.25) is 5.02 Å². The number of rotatable bonds is 10. The predicted octanol–water partition coefficient (Wildman–Crippen LogP) is 4.61. The number of anilines is 2. The van der Waals surface area contributed by atoms with Crippen LogP contribution in [0.3, 0.4) is 0 Å². The Balaban J connectivity index is 1.42. The van der Waals surface area contributed by atoms with E-state index in [1.54, 1.807) is 30.3 Å². The molecule has 0 spiro atoms. The third kappa shape index (κ3) is 6.43. The summed E-state index contributed by atoms with van der Waals surface area (Å²) in [6, 6.07) is 22.6. The van der Waals surface area contributed by atoms with Crippen molar-refractivity contribution in [2.45, 2.75) is 16.2 Å². The van der Waals surface area contributed by atoms with Crippen molar-refractivity contribution in [3.05, 3.63) is 90.0 Å². The highest BCUT2D eigenvalue weighted by molar-refractivity contribution is 7.92. The fraction of sp³-hybridized carbons (Fsp3) is 0.115. The van der Waals surface area contributed by atoms with Gasteiger partial charge in [-0.2, -0.15) is 0 Å². The molecule has 0 saturated carbocycles. The molecular weight excluding hydrogens is 550 g/mol. The van der Waals surface area contributed by atoms with Crippen LogP contribution >= 0.6 is 11.6 Å². The van der Waals surface area contributed by atoms with Gasteiger partial charge < -0.3 is 10.1 Å². The molecule has 1 amide bonds. The van der Waals surface area contributed by atoms with Gasteiger partial charge in [-0.3, -0.25) is 9.52 Å². The number of carbonyl (C=O) groups excluding carboxylic acids is 1. The van der Waals surface area contributed by atoms with E-state index in [1.807, 2.05) is 24.3 Å². The molecule has 0 saturated heterocycles. The molecule has 4 aromatic carbocycles. The summed E-state index contributed by atoms with van der Waals surface area (Å²) in [6.45, 7) is -0.156. The summed E-state index contributed by atoms with van der Waals surface area (Å²) in [4.78, 5) is 12.4. The molecule has 0 heterocycles. The van der Waals surface area contributed by atoms with Crippen LogP contribution in [0.1, 0.15) is 6.42 Å². The lowest BCUT2D eigenvalue weighted by Gasteiger charge is -2.14. The van der Waals surface area contributed by atoms with Gasteiger partial charge in [-0.15, -0.1) is 0 Å². The number of para-hydroxylation sites is 1. The molecule has 4 rings (SSSR count). The Bertz CT molecular complexity index is 1710. The molecule has 9 nitrogen and oxygen atoms in total. The minimum absolute atomic E-state index is 0.0608. The van der Waals surface area contributed by atoms with E-state index in [-0.39, 0.29) is 44.9 Å². The molecule has 0 fully saturated rings. The Morgan fingerprint density at radius 2 is 1.55 bits per heavy atom. The number of benzene rings is 4. The van der Waals surface area contributed by atoms with Gasteiger partial charge in [-0.1, -0.05) is 54.1 Å². The van der Waals surface area contributed by atoms with Crippen molar-refractivity contribution in [1.29, 1.82) is 0 Å². The average molecular weight is 574 g/mol. The van der Waals surface area contributed by atoms with Crippen molar-refractivity contribution < 1.29 is 26.4 Å². The van der Waals surface area contributed by atoms with E-state index in [2.05, 4.69) is 14.8 Å². The molecule has 0 aliphatic carbocycles. The molecule has 0 bridgehead atoms. The zero-order valence-corrected chi connectivity index (χ0v) is 22.5. The summed E-state index contributed by atoms with van der Waals surface area (Å²) in [5, 5.41) is 4.49. The molecular formula is C26H24ClN3O6S2. The Labute approximate surface area is 225 Å². The number of methoxy groups -OCH3 is 1. The van der Waals surface area contributed by atoms with Gasteiger partial charge in [0.05, 0.1) is 22.7 Å². The normalized spacial score (nSPS) is 11.7. The first-order chi connectivity index (χ1) is 18.1. The minimum Gasteiger partial charge on any atom is -0.495 e. The number of ether oxygens (including phenoxy) is 1. The van der Waals surface area contributed by atoms with Crippen LogP contribution in [0.4, 0.5) is 11.4 Å². The van der Waals surface area contributed by atoms with Gasteiger partial charge in [-0.05, 0) is 53.2 Å². The molecule has 0 radical (unpaired) electrons. The first-order valence-corrected chi connectivity index (χ1v) is 14.7. The highest BCUT2D eigenvalue weighted by Crippen LogP contribution is 2.31. The zero-order valence-electron chi connectivity index (χ0n) is 20.1. The standard InChI is InChI=1S/C26H24ClN3O6S2/c1-36-24-13-11-20(17-25(24)38(34,35)30-23-9-5-4-8-22(23)27)29-26(31)14-15-28-37(32,33)21-12-10-18-6-2-3-7-19(18)16-21/h2-13,16-17,28,30H,14-15H2,1H3,(H,29,31). The number of nitrogens with one attached hydrogen (secondary N) is 3. The Morgan fingerprint density at radius 3 is 2.29 bits per heavy atom. The van der Waals surface area contributed by atoms with E-state index in [9.17, 15) is 21.6 Å². The summed E-state index contributed by atoms with van der Waals surface area (Å²) < 4.78 is 61.4. The average Bonchev–Trinajstić information content (AvgIpc) is 2.89. The van der Waals surface area contributed by atoms with E-state index < -0.39 is 26.0 Å². The molecule has 0 aliphatic rings. The first kappa shape index (κ1) is 27.4. The minimum atomic E-state index is -4.12. The molecule has 0 atom stereocenters. The third-order valence-electron chi connectivity index (χ3n) is 5.53. The Morgan fingerprint density at radius 1 is 0.842 bits per heavy atom. The highest BCUT2D eigenvalue weighted by atomic mass is 35.5. The lowest BCUT2D eigenvalue weighted by Crippen LogP contribution is -2.27. The van der Waals surface area contributed by atoms with E-state index >= 15 is 0 Å². The summed E-state index contributed by atoms with van der Waals surface area (Å²) in [5.41, 5.74) is 0.372. The maximum Gasteiger partial charge on any atom is 0.265 e. The van der Waals surface area contributed by atoms with E-state index in [0.717, 1.165) is 10.8 Å². The van der Waals surface area contributed by atoms with Crippen molar-refractivity contribution in [2.75, 3.05) is 23.7 Å². The number of hydrogen-bond acceptors (Lipinski definition) is 6. The van der Waals surface area contributed by atoms with Gasteiger partial charge in [0.2, 0.25) is 15.9 Å². The monoisotopic (exact) mass is 573 g/mol. The lowest BCUT2D eigenvalue weighted by molar-refractivity contribution is -0.116. The molecule has 4 aromatic rings. The van der Waals surface area contributed by atoms with Crippen LogP contribution in [0, 0.1) is 0 Å². The number of sulfonamides is 2. The largest absolute Gasteiger partial charge is 0.495 e. The maximum atomic E-state index is 13.0. The SMILES string of the molecule is COc1ccc(NC(=O)CCNS(=O)(=O)c2ccc3ccccc3c2)cc1S(=O)(=O)Nc1ccccc1Cl. The van der Waals surface area contributed by atoms with Gasteiger partial charge in [0.25, 0.3) is 10.0 Å². The van der Waals surface area contributed by atoms with Gasteiger partial charge >= 0.3 is 0 Å². The van der Waals surface area contributed by atoms with Crippen molar-refractivity contribution >= 4 is 59.7 Å². The van der Waals surface area contributed by atoms with E-state index in [0.29, 0.717) is 0 Å². The first-order valence-electron chi connectivity index (χ1n) is 11.3. The number of carbonyl (C=O) groups is 1. The van der Waals surface area contributed by atoms with Crippen molar-refractivity contribution in [1.82, 2.24) is 4.72 Å². The number of amides is 1. The van der Waals surface area contributed by atoms with Gasteiger partial charge in [0.15, 0.2) is 0 Å². The second kappa shape index (κ2) is 11.4. The van der Waals surface area contributed by atoms with Crippen LogP contribution in [-0.4, -0.2) is 36.4 Å². The second-order valence-corrected chi connectivity index (χ2v) is 12.0. The molecule has 12 heteroatoms. The van der Waals surface area contributed by atoms with Crippen LogP contribution in [0.25, 0.3) is 10.8 Å². The van der Waals surface area contributed by atoms with Crippen molar-refractivity contribution in [2.24, 2.45) is 0 Å². The zero-order chi connectivity index (χ0) is 27.3. The Hall–Kier alpha value is -3.64. The summed E-state index contributed by atoms with van der Waals surface area (Å²) in [5.74, 6) is -0.454. The summed E-state index contributed by atoms with van der Waals surface area (Å²) in [6.07, 6.45) is -0.182.